The number of benzene rings is 3. The minimum absolute atomic E-state index is 0. The molecule has 0 spiro atoms. The van der Waals surface area contributed by atoms with Crippen LogP contribution in [0.15, 0.2) is 78.9 Å². The molecule has 0 fully saturated rings. The van der Waals surface area contributed by atoms with Gasteiger partial charge in [0, 0.05) is 22.4 Å². The van der Waals surface area contributed by atoms with Gasteiger partial charge >= 0.3 is 5.97 Å². The van der Waals surface area contributed by atoms with Crippen LogP contribution in [0.3, 0.4) is 0 Å². The monoisotopic (exact) mass is 527 g/mol. The first-order valence-corrected chi connectivity index (χ1v) is 11.9. The van der Waals surface area contributed by atoms with Gasteiger partial charge in [-0.15, -0.1) is 22.6 Å². The molecule has 0 radical (unpaired) electrons. The van der Waals surface area contributed by atoms with Crippen molar-refractivity contribution in [1.82, 2.24) is 25.6 Å². The van der Waals surface area contributed by atoms with Gasteiger partial charge in [0.25, 0.3) is 0 Å². The van der Waals surface area contributed by atoms with Gasteiger partial charge < -0.3 is 9.84 Å². The van der Waals surface area contributed by atoms with E-state index in [9.17, 15) is 9.90 Å². The highest BCUT2D eigenvalue weighted by Crippen LogP contribution is 2.35. The predicted octanol–water partition coefficient (Wildman–Crippen LogP) is 6.17. The number of aromatic amines is 1. The van der Waals surface area contributed by atoms with Crippen LogP contribution in [0, 0.1) is 6.92 Å². The number of tetrazole rings is 1. The molecule has 0 aliphatic heterocycles. The molecule has 2 N–H and O–H groups in total. The first-order chi connectivity index (χ1) is 18.1. The molecule has 38 heavy (non-hydrogen) atoms. The molecular weight excluding hydrogens is 502 g/mol. The van der Waals surface area contributed by atoms with E-state index < -0.39 is 5.97 Å². The van der Waals surface area contributed by atoms with E-state index in [1.165, 1.54) is 0 Å². The van der Waals surface area contributed by atoms with E-state index in [0.29, 0.717) is 23.7 Å². The Kier molecular flexibility index (Phi) is 8.13. The van der Waals surface area contributed by atoms with Gasteiger partial charge in [-0.25, -0.2) is 4.79 Å². The van der Waals surface area contributed by atoms with Crippen molar-refractivity contribution >= 4 is 18.4 Å². The number of pyridine rings is 1. The zero-order valence-corrected chi connectivity index (χ0v) is 21.7. The van der Waals surface area contributed by atoms with Gasteiger partial charge in [-0.05, 0) is 35.2 Å². The number of aromatic carboxylic acids is 1. The first kappa shape index (κ1) is 26.5. The van der Waals surface area contributed by atoms with E-state index in [0.717, 1.165) is 39.1 Å². The number of carboxylic acid groups (broad SMARTS) is 1. The molecule has 3 aromatic carbocycles. The molecule has 0 aliphatic carbocycles. The van der Waals surface area contributed by atoms with Gasteiger partial charge in [0.1, 0.15) is 17.9 Å². The van der Waals surface area contributed by atoms with Crippen LogP contribution in [0.1, 0.15) is 34.1 Å². The van der Waals surface area contributed by atoms with Crippen molar-refractivity contribution in [3.05, 3.63) is 101 Å². The summed E-state index contributed by atoms with van der Waals surface area (Å²) in [6, 6.07) is 25.1. The number of ether oxygens (including phenoxy) is 1. The Morgan fingerprint density at radius 1 is 0.921 bits per heavy atom. The van der Waals surface area contributed by atoms with Crippen LogP contribution in [0.5, 0.6) is 5.75 Å². The minimum Gasteiger partial charge on any atom is -0.488 e. The van der Waals surface area contributed by atoms with E-state index in [2.05, 4.69) is 25.6 Å². The fraction of sp³-hybridized carbons (Fsp3) is 0.138. The Bertz CT molecular complexity index is 1540. The number of hydrogen-bond donors (Lipinski definition) is 2. The van der Waals surface area contributed by atoms with Gasteiger partial charge in [-0.2, -0.15) is 5.21 Å². The maximum absolute atomic E-state index is 12.4. The topological polar surface area (TPSA) is 114 Å². The number of aromatic nitrogens is 5. The molecular formula is C29H26ClN5O3. The van der Waals surface area contributed by atoms with Crippen LogP contribution in [-0.4, -0.2) is 36.7 Å². The third kappa shape index (κ3) is 5.26. The van der Waals surface area contributed by atoms with Crippen LogP contribution in [0.2, 0.25) is 0 Å². The second-order valence-corrected chi connectivity index (χ2v) is 8.52. The highest BCUT2D eigenvalue weighted by atomic mass is 35.5. The minimum atomic E-state index is -1.07. The Hall–Kier alpha value is -4.56. The average Bonchev–Trinajstić information content (AvgIpc) is 3.47. The maximum atomic E-state index is 12.4. The summed E-state index contributed by atoms with van der Waals surface area (Å²) in [6.45, 7) is 4.08. The van der Waals surface area contributed by atoms with E-state index in [1.807, 2.05) is 92.7 Å². The van der Waals surface area contributed by atoms with Crippen molar-refractivity contribution in [2.24, 2.45) is 0 Å². The van der Waals surface area contributed by atoms with Gasteiger partial charge in [-0.3, -0.25) is 4.98 Å². The Morgan fingerprint density at radius 3 is 2.24 bits per heavy atom. The summed E-state index contributed by atoms with van der Waals surface area (Å²) < 4.78 is 6.22. The second-order valence-electron chi connectivity index (χ2n) is 8.52. The third-order valence-corrected chi connectivity index (χ3v) is 6.23. The lowest BCUT2D eigenvalue weighted by Crippen LogP contribution is -2.11. The van der Waals surface area contributed by atoms with Crippen LogP contribution in [-0.2, 0) is 13.0 Å². The van der Waals surface area contributed by atoms with E-state index in [4.69, 9.17) is 4.74 Å². The number of carboxylic acids is 1. The molecule has 8 nitrogen and oxygen atoms in total. The van der Waals surface area contributed by atoms with Gasteiger partial charge in [-0.1, -0.05) is 85.8 Å². The highest BCUT2D eigenvalue weighted by Gasteiger charge is 2.24. The average molecular weight is 528 g/mol. The SMILES string of the molecule is CCc1c(C)nc(-c2ccccc2)c(C(=O)O)c1OCc1ccc(-c2ccccc2-c2nn[nH]n2)cc1.Cl. The van der Waals surface area contributed by atoms with Crippen LogP contribution >= 0.6 is 12.4 Å². The zero-order valence-electron chi connectivity index (χ0n) is 20.9. The van der Waals surface area contributed by atoms with Crippen LogP contribution < -0.4 is 4.74 Å². The number of carbonyl (C=O) groups is 1. The van der Waals surface area contributed by atoms with Gasteiger partial charge in [0.2, 0.25) is 5.82 Å². The van der Waals surface area contributed by atoms with Crippen LogP contribution in [0.4, 0.5) is 0 Å². The summed E-state index contributed by atoms with van der Waals surface area (Å²) >= 11 is 0. The molecule has 0 saturated carbocycles. The normalized spacial score (nSPS) is 10.6. The maximum Gasteiger partial charge on any atom is 0.341 e. The molecule has 0 atom stereocenters. The number of nitrogens with zero attached hydrogens (tertiary/aromatic N) is 4. The molecule has 5 aromatic rings. The van der Waals surface area contributed by atoms with Crippen molar-refractivity contribution < 1.29 is 14.6 Å². The summed E-state index contributed by atoms with van der Waals surface area (Å²) in [7, 11) is 0. The number of halogens is 1. The largest absolute Gasteiger partial charge is 0.488 e. The first-order valence-electron chi connectivity index (χ1n) is 11.9. The predicted molar refractivity (Wildman–Crippen MR) is 147 cm³/mol. The summed E-state index contributed by atoms with van der Waals surface area (Å²) in [5.41, 5.74) is 6.54. The van der Waals surface area contributed by atoms with Crippen LogP contribution in [0.25, 0.3) is 33.8 Å². The Morgan fingerprint density at radius 2 is 1.61 bits per heavy atom. The van der Waals surface area contributed by atoms with E-state index >= 15 is 0 Å². The molecule has 2 heterocycles. The van der Waals surface area contributed by atoms with Crippen molar-refractivity contribution in [2.45, 2.75) is 26.9 Å². The fourth-order valence-corrected chi connectivity index (χ4v) is 4.43. The van der Waals surface area contributed by atoms with E-state index in [-0.39, 0.29) is 24.6 Å². The Labute approximate surface area is 226 Å². The quantitative estimate of drug-likeness (QED) is 0.248. The lowest BCUT2D eigenvalue weighted by Gasteiger charge is -2.18. The lowest BCUT2D eigenvalue weighted by molar-refractivity contribution is 0.0692. The number of aryl methyl sites for hydroxylation is 1. The number of H-pyrrole nitrogens is 1. The molecule has 0 unspecified atom stereocenters. The van der Waals surface area contributed by atoms with Crippen molar-refractivity contribution in [2.75, 3.05) is 0 Å². The molecule has 0 amide bonds. The summed E-state index contributed by atoms with van der Waals surface area (Å²) in [6.07, 6.45) is 0.606. The molecule has 9 heteroatoms. The van der Waals surface area contributed by atoms with Crippen molar-refractivity contribution in [1.29, 1.82) is 0 Å². The van der Waals surface area contributed by atoms with Gasteiger partial charge in [0.05, 0.1) is 5.69 Å². The highest BCUT2D eigenvalue weighted by molar-refractivity contribution is 5.98. The molecule has 5 rings (SSSR count). The summed E-state index contributed by atoms with van der Waals surface area (Å²) in [4.78, 5) is 17.0. The zero-order chi connectivity index (χ0) is 25.8. The van der Waals surface area contributed by atoms with Gasteiger partial charge in [0.15, 0.2) is 0 Å². The van der Waals surface area contributed by atoms with Crippen molar-refractivity contribution in [3.8, 4) is 39.5 Å². The van der Waals surface area contributed by atoms with E-state index in [1.54, 1.807) is 0 Å². The smallest absolute Gasteiger partial charge is 0.341 e. The molecule has 0 saturated heterocycles. The molecule has 0 bridgehead atoms. The number of hydrogen-bond acceptors (Lipinski definition) is 6. The summed E-state index contributed by atoms with van der Waals surface area (Å²) in [5, 5.41) is 24.5. The second kappa shape index (κ2) is 11.7. The fourth-order valence-electron chi connectivity index (χ4n) is 4.43. The summed E-state index contributed by atoms with van der Waals surface area (Å²) in [5.74, 6) is -0.170. The molecule has 0 aliphatic rings. The number of nitrogens with one attached hydrogen (secondary N) is 1. The molecule has 192 valence electrons. The Balaban J connectivity index is 0.00000336. The van der Waals surface area contributed by atoms with Crippen molar-refractivity contribution in [3.63, 3.8) is 0 Å². The standard InChI is InChI=1S/C29H25N5O3.ClH/c1-3-22-18(2)30-26(21-9-5-4-6-10-21)25(29(35)36)27(22)37-17-19-13-15-20(16-14-19)23-11-7-8-12-24(23)28-31-33-34-32-28;/h4-16H,3,17H2,1-2H3,(H,35,36)(H,31,32,33,34);1H. The molecule has 2 aromatic heterocycles. The number of rotatable bonds is 8. The third-order valence-electron chi connectivity index (χ3n) is 6.23. The lowest BCUT2D eigenvalue weighted by atomic mass is 9.98.